The highest BCUT2D eigenvalue weighted by Crippen LogP contribution is 2.24. The van der Waals surface area contributed by atoms with Gasteiger partial charge in [0.15, 0.2) is 5.84 Å². The lowest BCUT2D eigenvalue weighted by Gasteiger charge is -2.35. The summed E-state index contributed by atoms with van der Waals surface area (Å²) in [6, 6.07) is 4.21. The fraction of sp³-hybridized carbons (Fsp3) is 0.571. The van der Waals surface area contributed by atoms with Gasteiger partial charge in [-0.05, 0) is 31.0 Å². The summed E-state index contributed by atoms with van der Waals surface area (Å²) in [4.78, 5) is 6.42. The molecule has 0 aliphatic rings. The van der Waals surface area contributed by atoms with Crippen molar-refractivity contribution in [1.29, 1.82) is 0 Å². The third-order valence-electron chi connectivity index (χ3n) is 3.58. The fourth-order valence-corrected chi connectivity index (χ4v) is 1.91. The summed E-state index contributed by atoms with van der Waals surface area (Å²) >= 11 is 0. The third kappa shape index (κ3) is 3.92. The molecule has 106 valence electrons. The summed E-state index contributed by atoms with van der Waals surface area (Å²) in [5.74, 6) is 0.0485. The lowest BCUT2D eigenvalue weighted by molar-refractivity contribution is 0.134. The maximum Gasteiger partial charge on any atom is 0.189 e. The standard InChI is InChI=1S/C14H24N4O/c1-10(14(2,3)4)18(5)9-11-7-6-8-16-12(11)13(15)17-19/h6-8,10,19H,9H2,1-5H3,(H2,15,17). The van der Waals surface area contributed by atoms with Gasteiger partial charge in [-0.2, -0.15) is 0 Å². The molecule has 0 bridgehead atoms. The topological polar surface area (TPSA) is 74.7 Å². The minimum atomic E-state index is 0.0485. The Morgan fingerprint density at radius 1 is 1.53 bits per heavy atom. The first kappa shape index (κ1) is 15.4. The molecule has 1 heterocycles. The Kier molecular flexibility index (Phi) is 4.89. The second kappa shape index (κ2) is 6.02. The van der Waals surface area contributed by atoms with E-state index in [1.165, 1.54) is 0 Å². The second-order valence-electron chi connectivity index (χ2n) is 5.95. The second-order valence-corrected chi connectivity index (χ2v) is 5.95. The smallest absolute Gasteiger partial charge is 0.189 e. The van der Waals surface area contributed by atoms with Gasteiger partial charge >= 0.3 is 0 Å². The highest BCUT2D eigenvalue weighted by Gasteiger charge is 2.24. The Bertz CT molecular complexity index is 451. The highest BCUT2D eigenvalue weighted by atomic mass is 16.4. The number of hydrogen-bond donors (Lipinski definition) is 2. The summed E-state index contributed by atoms with van der Waals surface area (Å²) in [6.45, 7) is 9.53. The lowest BCUT2D eigenvalue weighted by atomic mass is 9.87. The van der Waals surface area contributed by atoms with E-state index in [4.69, 9.17) is 10.9 Å². The Balaban J connectivity index is 2.95. The van der Waals surface area contributed by atoms with Crippen molar-refractivity contribution in [2.75, 3.05) is 7.05 Å². The number of nitrogens with zero attached hydrogens (tertiary/aromatic N) is 3. The molecular formula is C14H24N4O. The maximum atomic E-state index is 8.79. The molecule has 19 heavy (non-hydrogen) atoms. The number of hydrogen-bond acceptors (Lipinski definition) is 4. The minimum absolute atomic E-state index is 0.0485. The summed E-state index contributed by atoms with van der Waals surface area (Å²) < 4.78 is 0. The molecule has 0 aliphatic heterocycles. The molecule has 1 atom stereocenters. The van der Waals surface area contributed by atoms with Gasteiger partial charge in [0.1, 0.15) is 5.69 Å². The van der Waals surface area contributed by atoms with Crippen molar-refractivity contribution in [1.82, 2.24) is 9.88 Å². The van der Waals surface area contributed by atoms with Crippen LogP contribution in [0.25, 0.3) is 0 Å². The minimum Gasteiger partial charge on any atom is -0.409 e. The van der Waals surface area contributed by atoms with E-state index >= 15 is 0 Å². The zero-order valence-electron chi connectivity index (χ0n) is 12.4. The number of amidine groups is 1. The average molecular weight is 264 g/mol. The molecule has 0 saturated heterocycles. The van der Waals surface area contributed by atoms with Gasteiger partial charge in [-0.3, -0.25) is 9.88 Å². The lowest BCUT2D eigenvalue weighted by Crippen LogP contribution is -2.39. The molecule has 0 fully saturated rings. The Hall–Kier alpha value is -1.62. The molecule has 5 heteroatoms. The van der Waals surface area contributed by atoms with Gasteiger partial charge in [-0.1, -0.05) is 32.0 Å². The average Bonchev–Trinajstić information content (AvgIpc) is 2.36. The van der Waals surface area contributed by atoms with Crippen LogP contribution >= 0.6 is 0 Å². The zero-order chi connectivity index (χ0) is 14.6. The van der Waals surface area contributed by atoms with Crippen molar-refractivity contribution in [3.8, 4) is 0 Å². The van der Waals surface area contributed by atoms with E-state index in [1.54, 1.807) is 6.20 Å². The van der Waals surface area contributed by atoms with Crippen LogP contribution in [-0.4, -0.2) is 34.0 Å². The van der Waals surface area contributed by atoms with E-state index < -0.39 is 0 Å². The Labute approximate surface area is 115 Å². The Morgan fingerprint density at radius 2 is 2.16 bits per heavy atom. The molecule has 0 aromatic carbocycles. The molecular weight excluding hydrogens is 240 g/mol. The normalized spacial score (nSPS) is 14.7. The van der Waals surface area contributed by atoms with Gasteiger partial charge < -0.3 is 10.9 Å². The number of rotatable bonds is 4. The fourth-order valence-electron chi connectivity index (χ4n) is 1.91. The first-order valence-corrected chi connectivity index (χ1v) is 6.39. The number of aromatic nitrogens is 1. The van der Waals surface area contributed by atoms with Crippen molar-refractivity contribution in [3.63, 3.8) is 0 Å². The van der Waals surface area contributed by atoms with Crippen LogP contribution in [0.15, 0.2) is 23.5 Å². The van der Waals surface area contributed by atoms with Crippen LogP contribution in [0.3, 0.4) is 0 Å². The Morgan fingerprint density at radius 3 is 2.68 bits per heavy atom. The van der Waals surface area contributed by atoms with Crippen molar-refractivity contribution < 1.29 is 5.21 Å². The van der Waals surface area contributed by atoms with E-state index in [1.807, 2.05) is 12.1 Å². The first-order chi connectivity index (χ1) is 8.77. The van der Waals surface area contributed by atoms with Gasteiger partial charge in [0, 0.05) is 18.8 Å². The monoisotopic (exact) mass is 264 g/mol. The molecule has 1 rings (SSSR count). The molecule has 0 saturated carbocycles. The summed E-state index contributed by atoms with van der Waals surface area (Å²) in [7, 11) is 2.07. The highest BCUT2D eigenvalue weighted by molar-refractivity contribution is 5.96. The van der Waals surface area contributed by atoms with E-state index in [-0.39, 0.29) is 11.3 Å². The van der Waals surface area contributed by atoms with Crippen LogP contribution in [-0.2, 0) is 6.54 Å². The number of nitrogens with two attached hydrogens (primary N) is 1. The van der Waals surface area contributed by atoms with E-state index in [0.29, 0.717) is 18.3 Å². The van der Waals surface area contributed by atoms with Gasteiger partial charge in [-0.15, -0.1) is 0 Å². The summed E-state index contributed by atoms with van der Waals surface area (Å²) in [5, 5.41) is 11.8. The van der Waals surface area contributed by atoms with Crippen LogP contribution in [0.4, 0.5) is 0 Å². The zero-order valence-corrected chi connectivity index (χ0v) is 12.4. The van der Waals surface area contributed by atoms with Crippen LogP contribution in [0, 0.1) is 5.41 Å². The predicted octanol–water partition coefficient (Wildman–Crippen LogP) is 2.04. The van der Waals surface area contributed by atoms with E-state index in [9.17, 15) is 0 Å². The van der Waals surface area contributed by atoms with Crippen LogP contribution in [0.5, 0.6) is 0 Å². The van der Waals surface area contributed by atoms with Crippen molar-refractivity contribution in [3.05, 3.63) is 29.6 Å². The molecule has 0 aliphatic carbocycles. The quantitative estimate of drug-likeness (QED) is 0.378. The first-order valence-electron chi connectivity index (χ1n) is 6.39. The largest absolute Gasteiger partial charge is 0.409 e. The molecule has 0 radical (unpaired) electrons. The molecule has 1 aromatic heterocycles. The van der Waals surface area contributed by atoms with Crippen molar-refractivity contribution >= 4 is 5.84 Å². The maximum absolute atomic E-state index is 8.79. The molecule has 1 unspecified atom stereocenters. The molecule has 5 nitrogen and oxygen atoms in total. The number of pyridine rings is 1. The predicted molar refractivity (Wildman–Crippen MR) is 77.1 cm³/mol. The SMILES string of the molecule is CC(N(C)Cc1cccnc1C(N)=NO)C(C)(C)C. The van der Waals surface area contributed by atoms with E-state index in [2.05, 4.69) is 49.8 Å². The van der Waals surface area contributed by atoms with Gasteiger partial charge in [-0.25, -0.2) is 0 Å². The number of oxime groups is 1. The molecule has 0 spiro atoms. The molecule has 3 N–H and O–H groups in total. The summed E-state index contributed by atoms with van der Waals surface area (Å²) in [6.07, 6.45) is 1.64. The van der Waals surface area contributed by atoms with Crippen LogP contribution < -0.4 is 5.73 Å². The van der Waals surface area contributed by atoms with Gasteiger partial charge in [0.05, 0.1) is 0 Å². The van der Waals surface area contributed by atoms with Gasteiger partial charge in [0.2, 0.25) is 0 Å². The van der Waals surface area contributed by atoms with Crippen LogP contribution in [0.2, 0.25) is 0 Å². The van der Waals surface area contributed by atoms with Crippen molar-refractivity contribution in [2.45, 2.75) is 40.3 Å². The van der Waals surface area contributed by atoms with Crippen LogP contribution in [0.1, 0.15) is 39.0 Å². The molecule has 0 amide bonds. The van der Waals surface area contributed by atoms with Gasteiger partial charge in [0.25, 0.3) is 0 Å². The van der Waals surface area contributed by atoms with Crippen molar-refractivity contribution in [2.24, 2.45) is 16.3 Å². The molecule has 1 aromatic rings. The summed E-state index contributed by atoms with van der Waals surface area (Å²) in [5.41, 5.74) is 7.33. The van der Waals surface area contributed by atoms with E-state index in [0.717, 1.165) is 5.56 Å². The third-order valence-corrected chi connectivity index (χ3v) is 3.58.